The monoisotopic (exact) mass is 433 g/mol. The fourth-order valence-corrected chi connectivity index (χ4v) is 2.56. The average Bonchev–Trinajstić information content (AvgIpc) is 2.49. The molecule has 0 radical (unpaired) electrons. The van der Waals surface area contributed by atoms with Crippen LogP contribution in [0.1, 0.15) is 5.56 Å². The van der Waals surface area contributed by atoms with Crippen LogP contribution in [0.4, 0.5) is 5.69 Å². The van der Waals surface area contributed by atoms with Gasteiger partial charge in [0.05, 0.1) is 25.3 Å². The molecule has 7 nitrogen and oxygen atoms in total. The van der Waals surface area contributed by atoms with Gasteiger partial charge in [-0.3, -0.25) is 4.98 Å². The summed E-state index contributed by atoms with van der Waals surface area (Å²) >= 11 is 7.64. The molecule has 2 aromatic rings. The van der Waals surface area contributed by atoms with Gasteiger partial charge in [-0.05, 0) is 17.7 Å². The highest BCUT2D eigenvalue weighted by Crippen LogP contribution is 2.45. The molecule has 0 aliphatic carbocycles. The van der Waals surface area contributed by atoms with Crippen LogP contribution in [-0.2, 0) is 9.68 Å². The number of nitriles is 1. The highest BCUT2D eigenvalue weighted by Gasteiger charge is 2.45. The second-order valence-electron chi connectivity index (χ2n) is 4.26. The Balaban J connectivity index is 2.21. The molecule has 0 saturated carbocycles. The van der Waals surface area contributed by atoms with Gasteiger partial charge in [-0.25, -0.2) is 0 Å². The van der Waals surface area contributed by atoms with Gasteiger partial charge in [0, 0.05) is 40.2 Å². The zero-order chi connectivity index (χ0) is 15.9. The molecule has 2 heterocycles. The second kappa shape index (κ2) is 5.58. The predicted molar refractivity (Wildman–Crippen MR) is 86.8 cm³/mol. The van der Waals surface area contributed by atoms with E-state index in [1.807, 2.05) is 6.07 Å². The lowest BCUT2D eigenvalue weighted by Crippen LogP contribution is -2.49. The summed E-state index contributed by atoms with van der Waals surface area (Å²) in [6, 6.07) is 5.45. The Kier molecular flexibility index (Phi) is 3.90. The number of aromatic nitrogens is 1. The third-order valence-electron chi connectivity index (χ3n) is 3.03. The molecule has 0 spiro atoms. The predicted octanol–water partition coefficient (Wildman–Crippen LogP) is 3.09. The molecule has 0 unspecified atom stereocenters. The first-order valence-corrected chi connectivity index (χ1v) is 7.46. The number of benzene rings is 1. The van der Waals surface area contributed by atoms with Gasteiger partial charge in [0.25, 0.3) is 0 Å². The summed E-state index contributed by atoms with van der Waals surface area (Å²) in [6.07, 6.45) is 1.43. The molecular formula is C13H9ClIN3O4. The van der Waals surface area contributed by atoms with E-state index in [2.05, 4.69) is 4.98 Å². The Morgan fingerprint density at radius 2 is 1.95 bits per heavy atom. The minimum absolute atomic E-state index is 0.281. The standard InChI is InChI=1S/C13H9ClIN3O4/c1-19-10-3-8-9(4-11(10)20-2)17-6-7(5-16)12(8)18-21-13(14,15)22-18/h3-4,6H,1-2H3. The van der Waals surface area contributed by atoms with E-state index in [1.54, 1.807) is 34.7 Å². The summed E-state index contributed by atoms with van der Waals surface area (Å²) in [6.45, 7) is 0. The number of hydrogen-bond acceptors (Lipinski definition) is 7. The van der Waals surface area contributed by atoms with Gasteiger partial charge in [-0.15, -0.1) is 5.23 Å². The van der Waals surface area contributed by atoms with Crippen molar-refractivity contribution in [3.63, 3.8) is 0 Å². The first kappa shape index (κ1) is 15.4. The molecular weight excluding hydrogens is 425 g/mol. The van der Waals surface area contributed by atoms with Crippen molar-refractivity contribution in [2.45, 2.75) is 3.25 Å². The molecule has 1 aromatic carbocycles. The number of anilines is 1. The fourth-order valence-electron chi connectivity index (χ4n) is 2.07. The van der Waals surface area contributed by atoms with Crippen LogP contribution in [0.25, 0.3) is 10.9 Å². The van der Waals surface area contributed by atoms with Crippen molar-refractivity contribution in [2.75, 3.05) is 19.4 Å². The largest absolute Gasteiger partial charge is 0.493 e. The van der Waals surface area contributed by atoms with Crippen molar-refractivity contribution < 1.29 is 19.1 Å². The first-order chi connectivity index (χ1) is 10.5. The Bertz CT molecular complexity index is 785. The molecule has 22 heavy (non-hydrogen) atoms. The molecule has 114 valence electrons. The van der Waals surface area contributed by atoms with Crippen molar-refractivity contribution in [3.05, 3.63) is 23.9 Å². The van der Waals surface area contributed by atoms with Crippen LogP contribution >= 0.6 is 34.2 Å². The normalized spacial score (nSPS) is 16.0. The maximum Gasteiger partial charge on any atom is 0.349 e. The van der Waals surface area contributed by atoms with E-state index < -0.39 is 3.25 Å². The molecule has 0 N–H and O–H groups in total. The Labute approximate surface area is 144 Å². The van der Waals surface area contributed by atoms with E-state index in [4.69, 9.17) is 30.7 Å². The maximum atomic E-state index is 9.29. The van der Waals surface area contributed by atoms with E-state index in [0.29, 0.717) is 28.1 Å². The highest BCUT2D eigenvalue weighted by atomic mass is 127. The van der Waals surface area contributed by atoms with Crippen molar-refractivity contribution in [1.29, 1.82) is 5.26 Å². The molecule has 3 rings (SSSR count). The third kappa shape index (κ3) is 2.50. The van der Waals surface area contributed by atoms with Crippen molar-refractivity contribution in [1.82, 2.24) is 4.98 Å². The van der Waals surface area contributed by atoms with Crippen LogP contribution in [0.2, 0.25) is 0 Å². The summed E-state index contributed by atoms with van der Waals surface area (Å²) in [5, 5.41) is 11.0. The number of methoxy groups -OCH3 is 2. The zero-order valence-corrected chi connectivity index (χ0v) is 14.4. The van der Waals surface area contributed by atoms with Crippen LogP contribution < -0.4 is 14.7 Å². The second-order valence-corrected chi connectivity index (χ2v) is 6.82. The van der Waals surface area contributed by atoms with Gasteiger partial charge >= 0.3 is 3.25 Å². The number of nitrogens with zero attached hydrogens (tertiary/aromatic N) is 3. The van der Waals surface area contributed by atoms with Crippen molar-refractivity contribution in [3.8, 4) is 17.6 Å². The van der Waals surface area contributed by atoms with Gasteiger partial charge in [-0.1, -0.05) is 0 Å². The minimum Gasteiger partial charge on any atom is -0.493 e. The van der Waals surface area contributed by atoms with Crippen LogP contribution in [0.15, 0.2) is 18.3 Å². The van der Waals surface area contributed by atoms with Crippen molar-refractivity contribution >= 4 is 50.8 Å². The van der Waals surface area contributed by atoms with E-state index in [1.165, 1.54) is 20.4 Å². The summed E-state index contributed by atoms with van der Waals surface area (Å²) in [7, 11) is 3.06. The van der Waals surface area contributed by atoms with Crippen molar-refractivity contribution in [2.24, 2.45) is 0 Å². The number of halogens is 2. The van der Waals surface area contributed by atoms with Crippen LogP contribution in [0.5, 0.6) is 11.5 Å². The van der Waals surface area contributed by atoms with Gasteiger partial charge < -0.3 is 9.47 Å². The van der Waals surface area contributed by atoms with Crippen LogP contribution in [0, 0.1) is 11.3 Å². The van der Waals surface area contributed by atoms with E-state index in [9.17, 15) is 5.26 Å². The molecule has 1 fully saturated rings. The summed E-state index contributed by atoms with van der Waals surface area (Å²) in [4.78, 5) is 14.9. The Morgan fingerprint density at radius 3 is 2.50 bits per heavy atom. The number of pyridine rings is 1. The first-order valence-electron chi connectivity index (χ1n) is 6.00. The minimum atomic E-state index is -1.28. The molecule has 1 saturated heterocycles. The summed E-state index contributed by atoms with van der Waals surface area (Å²) in [5.41, 5.74) is 1.28. The molecule has 1 aliphatic heterocycles. The van der Waals surface area contributed by atoms with E-state index in [0.717, 1.165) is 5.23 Å². The number of fused-ring (bicyclic) bond motifs is 1. The van der Waals surface area contributed by atoms with Gasteiger partial charge in [0.2, 0.25) is 0 Å². The molecule has 0 atom stereocenters. The summed E-state index contributed by atoms with van der Waals surface area (Å²) < 4.78 is 9.25. The quantitative estimate of drug-likeness (QED) is 0.544. The molecule has 0 amide bonds. The zero-order valence-electron chi connectivity index (χ0n) is 11.5. The van der Waals surface area contributed by atoms with Crippen LogP contribution in [-0.4, -0.2) is 22.5 Å². The number of rotatable bonds is 3. The fraction of sp³-hybridized carbons (Fsp3) is 0.231. The third-order valence-corrected chi connectivity index (χ3v) is 3.56. The van der Waals surface area contributed by atoms with Gasteiger partial charge in [-0.2, -0.15) is 14.9 Å². The Hall–Kier alpha value is -1.54. The summed E-state index contributed by atoms with van der Waals surface area (Å²) in [5.74, 6) is 1.03. The van der Waals surface area contributed by atoms with Gasteiger partial charge in [0.15, 0.2) is 11.5 Å². The molecule has 0 bridgehead atoms. The van der Waals surface area contributed by atoms with Crippen LogP contribution in [0.3, 0.4) is 0 Å². The smallest absolute Gasteiger partial charge is 0.349 e. The molecule has 1 aromatic heterocycles. The Morgan fingerprint density at radius 1 is 1.32 bits per heavy atom. The van der Waals surface area contributed by atoms with E-state index in [-0.39, 0.29) is 5.56 Å². The number of alkyl halides is 2. The van der Waals surface area contributed by atoms with E-state index >= 15 is 0 Å². The highest BCUT2D eigenvalue weighted by molar-refractivity contribution is 14.1. The lowest BCUT2D eigenvalue weighted by Gasteiger charge is -2.40. The maximum absolute atomic E-state index is 9.29. The molecule has 9 heteroatoms. The topological polar surface area (TPSA) is 76.8 Å². The van der Waals surface area contributed by atoms with Gasteiger partial charge in [0.1, 0.15) is 11.8 Å². The number of ether oxygens (including phenoxy) is 2. The lowest BCUT2D eigenvalue weighted by molar-refractivity contribution is -0.316. The lowest BCUT2D eigenvalue weighted by atomic mass is 10.1. The SMILES string of the molecule is COc1cc2ncc(C#N)c(N3OC(Cl)(I)O3)c2cc1OC. The number of hydrogen-bond donors (Lipinski definition) is 0. The molecule has 1 aliphatic rings. The average molecular weight is 434 g/mol.